The van der Waals surface area contributed by atoms with Gasteiger partial charge < -0.3 is 9.88 Å². The highest BCUT2D eigenvalue weighted by Gasteiger charge is 2.31. The Balaban J connectivity index is 2.06. The molecular weight excluding hydrogens is 288 g/mol. The molecule has 1 aliphatic rings. The number of benzene rings is 1. The molecule has 6 nitrogen and oxygen atoms in total. The maximum Gasteiger partial charge on any atom is 0.281 e. The molecule has 1 aliphatic heterocycles. The highest BCUT2D eigenvalue weighted by Crippen LogP contribution is 2.35. The van der Waals surface area contributed by atoms with Gasteiger partial charge in [-0.05, 0) is 12.1 Å². The third-order valence-corrected chi connectivity index (χ3v) is 5.43. The van der Waals surface area contributed by atoms with Gasteiger partial charge in [-0.1, -0.05) is 19.1 Å². The number of likely N-dealkylation sites (N-methyl/N-ethyl adjacent to an activating group) is 1. The van der Waals surface area contributed by atoms with Crippen molar-refractivity contribution in [1.82, 2.24) is 9.97 Å². The summed E-state index contributed by atoms with van der Waals surface area (Å²) < 4.78 is 27.1. The maximum absolute atomic E-state index is 12.8. The van der Waals surface area contributed by atoms with Crippen LogP contribution in [0, 0.1) is 0 Å². The highest BCUT2D eigenvalue weighted by atomic mass is 32.2. The summed E-state index contributed by atoms with van der Waals surface area (Å²) in [6.45, 7) is 3.02. The minimum atomic E-state index is -3.60. The molecule has 0 aliphatic carbocycles. The van der Waals surface area contributed by atoms with E-state index in [4.69, 9.17) is 0 Å². The van der Waals surface area contributed by atoms with Crippen molar-refractivity contribution in [3.63, 3.8) is 0 Å². The largest absolute Gasteiger partial charge is 0.371 e. The molecule has 0 unspecified atom stereocenters. The van der Waals surface area contributed by atoms with Gasteiger partial charge in [-0.25, -0.2) is 4.98 Å². The quantitative estimate of drug-likeness (QED) is 0.935. The van der Waals surface area contributed by atoms with Crippen LogP contribution in [0.1, 0.15) is 12.7 Å². The number of hydrogen-bond donors (Lipinski definition) is 1. The number of H-pyrrole nitrogens is 1. The van der Waals surface area contributed by atoms with Crippen LogP contribution in [-0.2, 0) is 16.4 Å². The van der Waals surface area contributed by atoms with E-state index in [9.17, 15) is 8.42 Å². The van der Waals surface area contributed by atoms with Gasteiger partial charge in [0.25, 0.3) is 10.0 Å². The van der Waals surface area contributed by atoms with E-state index < -0.39 is 10.0 Å². The number of para-hydroxylation sites is 2. The lowest BCUT2D eigenvalue weighted by molar-refractivity contribution is 0.586. The number of aromatic nitrogens is 2. The number of aryl methyl sites for hydroxylation is 1. The standard InChI is InChI=1S/C14H18N4O2S/c1-3-13-15-10-14(16-13)21(19,20)18-9-8-17(2)11-6-4-5-7-12(11)18/h4-7,10H,3,8-9H2,1-2H3,(H,15,16). The minimum absolute atomic E-state index is 0.152. The Morgan fingerprint density at radius 3 is 2.62 bits per heavy atom. The molecule has 2 heterocycles. The minimum Gasteiger partial charge on any atom is -0.371 e. The monoisotopic (exact) mass is 306 g/mol. The lowest BCUT2D eigenvalue weighted by atomic mass is 10.2. The molecule has 0 fully saturated rings. The Morgan fingerprint density at radius 2 is 1.95 bits per heavy atom. The van der Waals surface area contributed by atoms with E-state index in [1.165, 1.54) is 10.5 Å². The first-order valence-electron chi connectivity index (χ1n) is 6.91. The van der Waals surface area contributed by atoms with Crippen molar-refractivity contribution in [1.29, 1.82) is 0 Å². The fourth-order valence-electron chi connectivity index (χ4n) is 2.50. The van der Waals surface area contributed by atoms with Crippen molar-refractivity contribution < 1.29 is 8.42 Å². The van der Waals surface area contributed by atoms with Crippen LogP contribution in [0.3, 0.4) is 0 Å². The summed E-state index contributed by atoms with van der Waals surface area (Å²) in [6.07, 6.45) is 2.07. The van der Waals surface area contributed by atoms with E-state index in [1.54, 1.807) is 0 Å². The van der Waals surface area contributed by atoms with Gasteiger partial charge in [0.05, 0.1) is 24.1 Å². The molecule has 2 aromatic rings. The van der Waals surface area contributed by atoms with Gasteiger partial charge in [0.1, 0.15) is 5.82 Å². The van der Waals surface area contributed by atoms with Gasteiger partial charge in [-0.3, -0.25) is 4.31 Å². The second kappa shape index (κ2) is 5.07. The molecule has 21 heavy (non-hydrogen) atoms. The molecule has 0 amide bonds. The predicted octanol–water partition coefficient (Wildman–Crippen LogP) is 1.62. The van der Waals surface area contributed by atoms with Crippen LogP contribution in [0.2, 0.25) is 0 Å². The SMILES string of the molecule is CCc1ncc(S(=O)(=O)N2CCN(C)c3ccccc32)[nH]1. The molecule has 0 spiro atoms. The van der Waals surface area contributed by atoms with Crippen LogP contribution in [0.15, 0.2) is 35.5 Å². The molecule has 0 bridgehead atoms. The first-order valence-corrected chi connectivity index (χ1v) is 8.35. The van der Waals surface area contributed by atoms with Crippen molar-refractivity contribution in [2.24, 2.45) is 0 Å². The molecule has 1 N–H and O–H groups in total. The maximum atomic E-state index is 12.8. The van der Waals surface area contributed by atoms with Crippen molar-refractivity contribution in [3.05, 3.63) is 36.3 Å². The number of nitrogens with zero attached hydrogens (tertiary/aromatic N) is 3. The average Bonchev–Trinajstić information content (AvgIpc) is 2.97. The van der Waals surface area contributed by atoms with E-state index in [0.29, 0.717) is 31.0 Å². The number of imidazole rings is 1. The summed E-state index contributed by atoms with van der Waals surface area (Å²) in [6, 6.07) is 7.53. The molecule has 3 rings (SSSR count). The molecule has 112 valence electrons. The molecule has 0 radical (unpaired) electrons. The third kappa shape index (κ3) is 2.27. The van der Waals surface area contributed by atoms with Gasteiger partial charge in [-0.2, -0.15) is 8.42 Å². The third-order valence-electron chi connectivity index (χ3n) is 3.71. The van der Waals surface area contributed by atoms with E-state index in [2.05, 4.69) is 14.9 Å². The molecule has 0 saturated heterocycles. The van der Waals surface area contributed by atoms with Crippen molar-refractivity contribution in [2.75, 3.05) is 29.3 Å². The second-order valence-electron chi connectivity index (χ2n) is 5.04. The number of fused-ring (bicyclic) bond motifs is 1. The van der Waals surface area contributed by atoms with Crippen molar-refractivity contribution in [2.45, 2.75) is 18.4 Å². The van der Waals surface area contributed by atoms with E-state index in [-0.39, 0.29) is 5.03 Å². The van der Waals surface area contributed by atoms with Crippen LogP contribution in [0.4, 0.5) is 11.4 Å². The fraction of sp³-hybridized carbons (Fsp3) is 0.357. The van der Waals surface area contributed by atoms with Crippen molar-refractivity contribution in [3.8, 4) is 0 Å². The number of hydrogen-bond acceptors (Lipinski definition) is 4. The smallest absolute Gasteiger partial charge is 0.281 e. The highest BCUT2D eigenvalue weighted by molar-refractivity contribution is 7.92. The average molecular weight is 306 g/mol. The predicted molar refractivity (Wildman–Crippen MR) is 82.2 cm³/mol. The normalized spacial score (nSPS) is 15.1. The zero-order chi connectivity index (χ0) is 15.0. The molecule has 7 heteroatoms. The van der Waals surface area contributed by atoms with Gasteiger partial charge in [0.2, 0.25) is 0 Å². The van der Waals surface area contributed by atoms with Crippen LogP contribution >= 0.6 is 0 Å². The summed E-state index contributed by atoms with van der Waals surface area (Å²) in [4.78, 5) is 9.04. The van der Waals surface area contributed by atoms with Gasteiger partial charge in [0, 0.05) is 20.0 Å². The first kappa shape index (κ1) is 13.9. The Labute approximate surface area is 124 Å². The van der Waals surface area contributed by atoms with Gasteiger partial charge in [0.15, 0.2) is 5.03 Å². The van der Waals surface area contributed by atoms with E-state index in [1.807, 2.05) is 38.2 Å². The summed E-state index contributed by atoms with van der Waals surface area (Å²) in [5.41, 5.74) is 1.63. The topological polar surface area (TPSA) is 69.3 Å². The van der Waals surface area contributed by atoms with Gasteiger partial charge >= 0.3 is 0 Å². The molecule has 1 aromatic heterocycles. The zero-order valence-electron chi connectivity index (χ0n) is 12.1. The van der Waals surface area contributed by atoms with Crippen LogP contribution in [0.25, 0.3) is 0 Å². The number of sulfonamides is 1. The van der Waals surface area contributed by atoms with E-state index in [0.717, 1.165) is 5.69 Å². The molecular formula is C14H18N4O2S. The van der Waals surface area contributed by atoms with Crippen LogP contribution < -0.4 is 9.21 Å². The zero-order valence-corrected chi connectivity index (χ0v) is 12.9. The molecule has 0 saturated carbocycles. The van der Waals surface area contributed by atoms with E-state index >= 15 is 0 Å². The first-order chi connectivity index (χ1) is 10.0. The molecule has 0 atom stereocenters. The lowest BCUT2D eigenvalue weighted by Crippen LogP contribution is -2.42. The summed E-state index contributed by atoms with van der Waals surface area (Å²) >= 11 is 0. The fourth-order valence-corrected chi connectivity index (χ4v) is 3.91. The van der Waals surface area contributed by atoms with Crippen LogP contribution in [-0.4, -0.2) is 38.5 Å². The Bertz CT molecular complexity index is 754. The second-order valence-corrected chi connectivity index (χ2v) is 6.87. The van der Waals surface area contributed by atoms with Crippen molar-refractivity contribution >= 4 is 21.4 Å². The van der Waals surface area contributed by atoms with Gasteiger partial charge in [-0.15, -0.1) is 0 Å². The number of rotatable bonds is 3. The number of aromatic amines is 1. The molecule has 1 aromatic carbocycles. The summed E-state index contributed by atoms with van der Waals surface area (Å²) in [5, 5.41) is 0.152. The lowest BCUT2D eigenvalue weighted by Gasteiger charge is -2.35. The summed E-state index contributed by atoms with van der Waals surface area (Å²) in [5.74, 6) is 0.677. The number of anilines is 2. The Hall–Kier alpha value is -2.02. The Morgan fingerprint density at radius 1 is 1.24 bits per heavy atom. The Kier molecular flexibility index (Phi) is 3.36. The van der Waals surface area contributed by atoms with Crippen LogP contribution in [0.5, 0.6) is 0 Å². The summed E-state index contributed by atoms with van der Waals surface area (Å²) in [7, 11) is -1.63. The number of nitrogens with one attached hydrogen (secondary N) is 1.